The maximum Gasteiger partial charge on any atom is 0.322 e. The van der Waals surface area contributed by atoms with Crippen LogP contribution in [-0.2, 0) is 9.53 Å². The van der Waals surface area contributed by atoms with Crippen LogP contribution in [-0.4, -0.2) is 29.4 Å². The number of nitro groups is 1. The highest BCUT2D eigenvalue weighted by atomic mass is 79.9. The van der Waals surface area contributed by atoms with Gasteiger partial charge in [0.1, 0.15) is 17.2 Å². The molecule has 7 heteroatoms. The summed E-state index contributed by atoms with van der Waals surface area (Å²) in [5.41, 5.74) is 0.636. The third kappa shape index (κ3) is 3.69. The van der Waals surface area contributed by atoms with E-state index >= 15 is 0 Å². The molecule has 18 heavy (non-hydrogen) atoms. The minimum Gasteiger partial charge on any atom is -0.492 e. The molecule has 0 aliphatic heterocycles. The van der Waals surface area contributed by atoms with Crippen molar-refractivity contribution in [2.75, 3.05) is 13.7 Å². The van der Waals surface area contributed by atoms with Crippen molar-refractivity contribution >= 4 is 27.6 Å². The minimum atomic E-state index is -0.572. The lowest BCUT2D eigenvalue weighted by Gasteiger charge is -2.11. The molecule has 0 N–H and O–H groups in total. The van der Waals surface area contributed by atoms with E-state index in [0.717, 1.165) is 0 Å². The zero-order valence-corrected chi connectivity index (χ0v) is 11.5. The number of non-ortho nitro benzene ring substituents is 1. The van der Waals surface area contributed by atoms with Gasteiger partial charge in [-0.25, -0.2) is 0 Å². The van der Waals surface area contributed by atoms with E-state index in [4.69, 9.17) is 4.74 Å². The maximum absolute atomic E-state index is 11.1. The van der Waals surface area contributed by atoms with E-state index in [1.807, 2.05) is 0 Å². The summed E-state index contributed by atoms with van der Waals surface area (Å²) < 4.78 is 9.91. The number of carbonyl (C=O) groups excluding carboxylic acids is 1. The number of rotatable bonds is 5. The average molecular weight is 318 g/mol. The highest BCUT2D eigenvalue weighted by Crippen LogP contribution is 2.23. The summed E-state index contributed by atoms with van der Waals surface area (Å²) in [5.74, 6) is 0.0588. The fourth-order valence-electron chi connectivity index (χ4n) is 1.27. The van der Waals surface area contributed by atoms with Crippen LogP contribution in [0.2, 0.25) is 0 Å². The van der Waals surface area contributed by atoms with Crippen molar-refractivity contribution in [2.24, 2.45) is 0 Å². The van der Waals surface area contributed by atoms with Gasteiger partial charge in [-0.2, -0.15) is 0 Å². The first kappa shape index (κ1) is 14.4. The van der Waals surface area contributed by atoms with Gasteiger partial charge in [-0.3, -0.25) is 14.9 Å². The molecule has 0 aliphatic carbocycles. The molecule has 0 bridgehead atoms. The summed E-state index contributed by atoms with van der Waals surface area (Å²) in [6.07, 6.45) is 0. The number of esters is 1. The summed E-state index contributed by atoms with van der Waals surface area (Å²) in [6.45, 7) is 1.79. The number of aryl methyl sites for hydroxylation is 1. The van der Waals surface area contributed by atoms with E-state index in [2.05, 4.69) is 20.7 Å². The van der Waals surface area contributed by atoms with Gasteiger partial charge in [0.25, 0.3) is 5.69 Å². The molecular weight excluding hydrogens is 306 g/mol. The predicted molar refractivity (Wildman–Crippen MR) is 68.1 cm³/mol. The van der Waals surface area contributed by atoms with Crippen molar-refractivity contribution in [3.8, 4) is 5.75 Å². The Balaban J connectivity index is 2.69. The van der Waals surface area contributed by atoms with Crippen molar-refractivity contribution in [1.29, 1.82) is 0 Å². The molecule has 0 aromatic heterocycles. The molecule has 98 valence electrons. The van der Waals surface area contributed by atoms with E-state index in [0.29, 0.717) is 11.3 Å². The third-order valence-corrected chi connectivity index (χ3v) is 2.85. The van der Waals surface area contributed by atoms with Gasteiger partial charge in [0, 0.05) is 12.1 Å². The second-order valence-corrected chi connectivity index (χ2v) is 4.61. The third-order valence-electron chi connectivity index (χ3n) is 2.21. The molecular formula is C11H12BrNO5. The van der Waals surface area contributed by atoms with Crippen LogP contribution in [0.5, 0.6) is 5.75 Å². The van der Waals surface area contributed by atoms with Gasteiger partial charge in [0.2, 0.25) is 0 Å². The fraction of sp³-hybridized carbons (Fsp3) is 0.364. The average Bonchev–Trinajstić information content (AvgIpc) is 2.35. The van der Waals surface area contributed by atoms with Gasteiger partial charge in [-0.15, -0.1) is 0 Å². The summed E-state index contributed by atoms with van der Waals surface area (Å²) >= 11 is 3.12. The number of nitrogens with zero attached hydrogens (tertiary/aromatic N) is 1. The van der Waals surface area contributed by atoms with Crippen LogP contribution in [0.25, 0.3) is 0 Å². The zero-order chi connectivity index (χ0) is 13.7. The Morgan fingerprint density at radius 2 is 2.22 bits per heavy atom. The van der Waals surface area contributed by atoms with Crippen LogP contribution in [0, 0.1) is 17.0 Å². The van der Waals surface area contributed by atoms with E-state index in [1.165, 1.54) is 25.3 Å². The van der Waals surface area contributed by atoms with Crippen molar-refractivity contribution in [2.45, 2.75) is 11.8 Å². The number of halogens is 1. The van der Waals surface area contributed by atoms with Crippen molar-refractivity contribution < 1.29 is 19.2 Å². The number of methoxy groups -OCH3 is 1. The molecule has 1 unspecified atom stereocenters. The monoisotopic (exact) mass is 317 g/mol. The Bertz CT molecular complexity index is 463. The summed E-state index contributed by atoms with van der Waals surface area (Å²) in [5, 5.41) is 10.6. The Morgan fingerprint density at radius 1 is 1.56 bits per heavy atom. The molecule has 0 saturated heterocycles. The number of ether oxygens (including phenoxy) is 2. The lowest BCUT2D eigenvalue weighted by Crippen LogP contribution is -2.23. The van der Waals surface area contributed by atoms with Gasteiger partial charge >= 0.3 is 5.97 Å². The van der Waals surface area contributed by atoms with Gasteiger partial charge < -0.3 is 9.47 Å². The molecule has 0 spiro atoms. The molecule has 0 aliphatic rings. The minimum absolute atomic E-state index is 0.00297. The van der Waals surface area contributed by atoms with Crippen LogP contribution < -0.4 is 4.74 Å². The number of benzene rings is 1. The Morgan fingerprint density at radius 3 is 2.72 bits per heavy atom. The fourth-order valence-corrected chi connectivity index (χ4v) is 1.59. The molecule has 0 saturated carbocycles. The van der Waals surface area contributed by atoms with Crippen molar-refractivity contribution in [3.63, 3.8) is 0 Å². The van der Waals surface area contributed by atoms with Gasteiger partial charge in [0.15, 0.2) is 0 Å². The van der Waals surface area contributed by atoms with E-state index in [1.54, 1.807) is 6.92 Å². The van der Waals surface area contributed by atoms with Gasteiger partial charge in [-0.1, -0.05) is 15.9 Å². The Labute approximate surface area is 112 Å². The first-order valence-corrected chi connectivity index (χ1v) is 5.97. The molecule has 0 radical (unpaired) electrons. The summed E-state index contributed by atoms with van der Waals surface area (Å²) in [6, 6.07) is 4.27. The van der Waals surface area contributed by atoms with E-state index in [9.17, 15) is 14.9 Å². The van der Waals surface area contributed by atoms with E-state index in [-0.39, 0.29) is 12.3 Å². The molecule has 1 atom stereocenters. The molecule has 0 amide bonds. The van der Waals surface area contributed by atoms with E-state index < -0.39 is 15.7 Å². The SMILES string of the molecule is COC(=O)C(Br)COc1ccc([N+](=O)[O-])cc1C. The summed E-state index contributed by atoms with van der Waals surface area (Å²) in [7, 11) is 1.29. The zero-order valence-electron chi connectivity index (χ0n) is 9.88. The molecule has 1 rings (SSSR count). The van der Waals surface area contributed by atoms with Gasteiger partial charge in [0.05, 0.1) is 12.0 Å². The van der Waals surface area contributed by atoms with Crippen molar-refractivity contribution in [1.82, 2.24) is 0 Å². The molecule has 0 fully saturated rings. The lowest BCUT2D eigenvalue weighted by molar-refractivity contribution is -0.384. The number of hydrogen-bond acceptors (Lipinski definition) is 5. The largest absolute Gasteiger partial charge is 0.492 e. The number of alkyl halides is 1. The standard InChI is InChI=1S/C11H12BrNO5/c1-7-5-8(13(15)16)3-4-10(7)18-6-9(12)11(14)17-2/h3-5,9H,6H2,1-2H3. The van der Waals surface area contributed by atoms with Crippen LogP contribution in [0.3, 0.4) is 0 Å². The predicted octanol–water partition coefficient (Wildman–Crippen LogP) is 2.22. The summed E-state index contributed by atoms with van der Waals surface area (Å²) in [4.78, 5) is 20.6. The van der Waals surface area contributed by atoms with Crippen LogP contribution in [0.1, 0.15) is 5.56 Å². The molecule has 0 heterocycles. The topological polar surface area (TPSA) is 78.7 Å². The second-order valence-electron chi connectivity index (χ2n) is 3.51. The van der Waals surface area contributed by atoms with Crippen LogP contribution >= 0.6 is 15.9 Å². The molecule has 1 aromatic rings. The highest BCUT2D eigenvalue weighted by molar-refractivity contribution is 9.10. The first-order valence-electron chi connectivity index (χ1n) is 5.05. The van der Waals surface area contributed by atoms with Crippen LogP contribution in [0.4, 0.5) is 5.69 Å². The number of nitro benzene ring substituents is 1. The Kier molecular flexibility index (Phi) is 5.08. The normalized spacial score (nSPS) is 11.7. The quantitative estimate of drug-likeness (QED) is 0.360. The van der Waals surface area contributed by atoms with Crippen LogP contribution in [0.15, 0.2) is 18.2 Å². The van der Waals surface area contributed by atoms with Crippen molar-refractivity contribution in [3.05, 3.63) is 33.9 Å². The maximum atomic E-state index is 11.1. The first-order chi connectivity index (χ1) is 8.45. The van der Waals surface area contributed by atoms with Gasteiger partial charge in [-0.05, 0) is 18.6 Å². The lowest BCUT2D eigenvalue weighted by atomic mass is 10.2. The Hall–Kier alpha value is -1.63. The smallest absolute Gasteiger partial charge is 0.322 e. The molecule has 1 aromatic carbocycles. The second kappa shape index (κ2) is 6.34. The molecule has 6 nitrogen and oxygen atoms in total. The highest BCUT2D eigenvalue weighted by Gasteiger charge is 2.17. The number of carbonyl (C=O) groups is 1. The number of hydrogen-bond donors (Lipinski definition) is 0.